The van der Waals surface area contributed by atoms with Crippen LogP contribution in [0.2, 0.25) is 0 Å². The Morgan fingerprint density at radius 3 is 0.756 bits per heavy atom. The minimum absolute atomic E-state index is 0.116. The zero-order valence-corrected chi connectivity index (χ0v) is 40.8. The molecule has 0 bridgehead atoms. The van der Waals surface area contributed by atoms with Gasteiger partial charge in [0.05, 0.1) is 46.2 Å². The van der Waals surface area contributed by atoms with Gasteiger partial charge in [-0.05, 0) is 0 Å². The Morgan fingerprint density at radius 2 is 0.526 bits per heavy atom. The Hall–Kier alpha value is -1.73. The van der Waals surface area contributed by atoms with Crippen molar-refractivity contribution in [2.75, 3.05) is 46.2 Å². The van der Waals surface area contributed by atoms with E-state index in [0.29, 0.717) is 0 Å². The van der Waals surface area contributed by atoms with Crippen molar-refractivity contribution in [2.24, 2.45) is 0 Å². The maximum Gasteiger partial charge on any atom is 0.186 e. The lowest BCUT2D eigenvalue weighted by molar-refractivity contribution is -0.352. The second-order valence-electron chi connectivity index (χ2n) is 19.4. The van der Waals surface area contributed by atoms with Crippen molar-refractivity contribution in [3.8, 4) is 0 Å². The standard InChI is InChI=1S/C42H72O36/c43-1-9(45)17(47)18(48)10(46)3-67-37-32(62)26(56)20(50)12(74-37)5-69-39-34(64)28(58)22(52)14(76-39)7-71-41-36(66)30(60)24(54)16(78-41)8-72-42-35(65)29(59)23(53)15(77-42)6-70-40-33(63)27(57)21(51)13(75-40)4-68-38-31(61)25(55)19(49)11(2-44)73-38/h1,9-42,44-66H,2-8H2/t9-,10+,11+,12+,13+,14+,15+,16+,17+,18+,19+,20+,21+,22+,23+,24+,25-,26-,27-,28-,29-,30-,31+,32+,33+,34+,35+,36+,37-,38-,39-,40-,41-,42-/m0/s1. The quantitative estimate of drug-likeness (QED) is 0.0423. The molecule has 34 atom stereocenters. The lowest BCUT2D eigenvalue weighted by Gasteiger charge is -2.45. The monoisotopic (exact) mass is 1150 g/mol. The number of ether oxygens (including phenoxy) is 12. The summed E-state index contributed by atoms with van der Waals surface area (Å²) in [6.07, 6.45) is -64.6. The van der Waals surface area contributed by atoms with E-state index in [0.717, 1.165) is 0 Å². The maximum atomic E-state index is 10.8. The van der Waals surface area contributed by atoms with Crippen molar-refractivity contribution < 1.29 is 179 Å². The molecule has 36 heteroatoms. The summed E-state index contributed by atoms with van der Waals surface area (Å²) in [4.78, 5) is 10.7. The van der Waals surface area contributed by atoms with Gasteiger partial charge in [0.25, 0.3) is 0 Å². The predicted molar refractivity (Wildman–Crippen MR) is 233 cm³/mol. The molecular weight excluding hydrogens is 1080 g/mol. The second kappa shape index (κ2) is 28.7. The van der Waals surface area contributed by atoms with E-state index < -0.39 is 255 Å². The number of rotatable bonds is 23. The van der Waals surface area contributed by atoms with Crippen LogP contribution in [0.5, 0.6) is 0 Å². The fourth-order valence-corrected chi connectivity index (χ4v) is 8.92. The zero-order valence-electron chi connectivity index (χ0n) is 40.8. The number of aldehydes is 1. The molecule has 456 valence electrons. The van der Waals surface area contributed by atoms with Crippen LogP contribution in [-0.4, -0.2) is 379 Å². The molecule has 0 spiro atoms. The van der Waals surface area contributed by atoms with Gasteiger partial charge < -0.3 is 179 Å². The number of carbonyl (C=O) groups is 1. The highest BCUT2D eigenvalue weighted by atomic mass is 16.8. The molecule has 0 aromatic heterocycles. The summed E-state index contributed by atoms with van der Waals surface area (Å²) in [5.41, 5.74) is 0. The topological polar surface area (TPSA) is 593 Å². The smallest absolute Gasteiger partial charge is 0.186 e. The fraction of sp³-hybridized carbons (Fsp3) is 0.976. The van der Waals surface area contributed by atoms with Crippen LogP contribution in [0.1, 0.15) is 0 Å². The van der Waals surface area contributed by atoms with Crippen LogP contribution in [0.4, 0.5) is 0 Å². The van der Waals surface area contributed by atoms with E-state index in [9.17, 15) is 122 Å². The van der Waals surface area contributed by atoms with Crippen LogP contribution in [0.25, 0.3) is 0 Å². The first-order valence-corrected chi connectivity index (χ1v) is 24.4. The average Bonchev–Trinajstić information content (AvgIpc) is 3.43. The van der Waals surface area contributed by atoms with Gasteiger partial charge in [0, 0.05) is 0 Å². The van der Waals surface area contributed by atoms with Gasteiger partial charge in [0.15, 0.2) is 44.0 Å². The first-order chi connectivity index (χ1) is 36.7. The van der Waals surface area contributed by atoms with Crippen molar-refractivity contribution in [1.82, 2.24) is 0 Å². The molecule has 23 N–H and O–H groups in total. The van der Waals surface area contributed by atoms with E-state index >= 15 is 0 Å². The Bertz CT molecular complexity index is 1800. The van der Waals surface area contributed by atoms with Crippen LogP contribution in [0.3, 0.4) is 0 Å². The first kappa shape index (κ1) is 65.4. The Balaban J connectivity index is 1.00. The zero-order chi connectivity index (χ0) is 57.8. The minimum atomic E-state index is -2.16. The molecule has 0 aromatic rings. The molecule has 6 saturated heterocycles. The molecule has 0 aromatic carbocycles. The van der Waals surface area contributed by atoms with Crippen molar-refractivity contribution >= 4 is 6.29 Å². The lowest BCUT2D eigenvalue weighted by atomic mass is 9.97. The number of hydrogen-bond donors (Lipinski definition) is 23. The van der Waals surface area contributed by atoms with Crippen molar-refractivity contribution in [3.63, 3.8) is 0 Å². The molecule has 36 nitrogen and oxygen atoms in total. The van der Waals surface area contributed by atoms with E-state index in [2.05, 4.69) is 0 Å². The van der Waals surface area contributed by atoms with E-state index in [1.165, 1.54) is 0 Å². The predicted octanol–water partition coefficient (Wildman–Crippen LogP) is -16.4. The Kier molecular flexibility index (Phi) is 24.1. The molecule has 6 rings (SSSR count). The molecular formula is C42H72O36. The Morgan fingerprint density at radius 1 is 0.308 bits per heavy atom. The van der Waals surface area contributed by atoms with Crippen LogP contribution < -0.4 is 0 Å². The fourth-order valence-electron chi connectivity index (χ4n) is 8.92. The van der Waals surface area contributed by atoms with Crippen LogP contribution in [0.15, 0.2) is 0 Å². The molecule has 6 aliphatic heterocycles. The van der Waals surface area contributed by atoms with Gasteiger partial charge >= 0.3 is 0 Å². The summed E-state index contributed by atoms with van der Waals surface area (Å²) in [6.45, 7) is -5.79. The number of aliphatic hydroxyl groups excluding tert-OH is 23. The summed E-state index contributed by atoms with van der Waals surface area (Å²) in [7, 11) is 0. The maximum absolute atomic E-state index is 10.8. The normalized spacial score (nSPS) is 49.2. The minimum Gasteiger partial charge on any atom is -0.394 e. The van der Waals surface area contributed by atoms with Gasteiger partial charge in [0.1, 0.15) is 171 Å². The molecule has 0 saturated carbocycles. The largest absolute Gasteiger partial charge is 0.394 e. The molecule has 6 heterocycles. The molecule has 0 unspecified atom stereocenters. The summed E-state index contributed by atoms with van der Waals surface area (Å²) in [6, 6.07) is 0. The second-order valence-corrected chi connectivity index (χ2v) is 19.4. The van der Waals surface area contributed by atoms with E-state index in [1.807, 2.05) is 0 Å². The average molecular weight is 1150 g/mol. The molecule has 0 aliphatic carbocycles. The molecule has 0 amide bonds. The summed E-state index contributed by atoms with van der Waals surface area (Å²) in [5, 5.41) is 239. The summed E-state index contributed by atoms with van der Waals surface area (Å²) < 4.78 is 65.6. The highest BCUT2D eigenvalue weighted by molar-refractivity contribution is 5.56. The first-order valence-electron chi connectivity index (χ1n) is 24.4. The van der Waals surface area contributed by atoms with Crippen LogP contribution in [0, 0.1) is 0 Å². The van der Waals surface area contributed by atoms with Gasteiger partial charge in [-0.3, -0.25) is 0 Å². The number of carbonyl (C=O) groups excluding carboxylic acids is 1. The third-order valence-electron chi connectivity index (χ3n) is 14.0. The van der Waals surface area contributed by atoms with Crippen LogP contribution >= 0.6 is 0 Å². The SMILES string of the molecule is O=C[C@H](O)[C@@H](O)[C@H](O)[C@H](O)CO[C@H]1O[C@H](CO[C@H]2O[C@H](CO[C@H]3O[C@H](CO[C@H]4O[C@H](CO[C@H]5O[C@H](CO[C@H]6O[C@H](CO)[C@@H](O)[C@H](O)[C@H]6O)[C@@H](O)[C@H](O)[C@H]5O)[C@@H](O)[C@H](O)[C@H]4O)[C@@H](O)[C@H](O)[C@H]3O)[C@@H](O)[C@H](O)[C@H]2O)[C@@H](O)[C@H](O)[C@H]1O. The summed E-state index contributed by atoms with van der Waals surface area (Å²) >= 11 is 0. The highest BCUT2D eigenvalue weighted by Crippen LogP contribution is 2.32. The van der Waals surface area contributed by atoms with Gasteiger partial charge in [-0.2, -0.15) is 0 Å². The van der Waals surface area contributed by atoms with E-state index in [1.54, 1.807) is 0 Å². The third kappa shape index (κ3) is 14.8. The van der Waals surface area contributed by atoms with Crippen molar-refractivity contribution in [2.45, 2.75) is 209 Å². The van der Waals surface area contributed by atoms with Gasteiger partial charge in [-0.1, -0.05) is 0 Å². The number of aliphatic hydroxyl groups is 23. The van der Waals surface area contributed by atoms with Gasteiger partial charge in [-0.25, -0.2) is 0 Å². The Labute approximate surface area is 439 Å². The third-order valence-corrected chi connectivity index (χ3v) is 14.0. The molecule has 6 aliphatic rings. The van der Waals surface area contributed by atoms with Crippen molar-refractivity contribution in [3.05, 3.63) is 0 Å². The summed E-state index contributed by atoms with van der Waals surface area (Å²) in [5.74, 6) is 0. The van der Waals surface area contributed by atoms with E-state index in [4.69, 9.17) is 56.8 Å². The van der Waals surface area contributed by atoms with Gasteiger partial charge in [-0.15, -0.1) is 0 Å². The highest BCUT2D eigenvalue weighted by Gasteiger charge is 2.53. The molecule has 6 fully saturated rings. The van der Waals surface area contributed by atoms with Crippen LogP contribution in [-0.2, 0) is 61.6 Å². The van der Waals surface area contributed by atoms with Crippen molar-refractivity contribution in [1.29, 1.82) is 0 Å². The lowest BCUT2D eigenvalue weighted by Crippen LogP contribution is -2.63. The van der Waals surface area contributed by atoms with E-state index in [-0.39, 0.29) is 6.29 Å². The molecule has 0 radical (unpaired) electrons. The van der Waals surface area contributed by atoms with Gasteiger partial charge in [0.2, 0.25) is 0 Å². The number of hydrogen-bond acceptors (Lipinski definition) is 36. The molecule has 78 heavy (non-hydrogen) atoms.